The number of hydrogen-bond acceptors (Lipinski definition) is 5. The first-order chi connectivity index (χ1) is 14.5. The van der Waals surface area contributed by atoms with Gasteiger partial charge >= 0.3 is 0 Å². The van der Waals surface area contributed by atoms with Crippen LogP contribution in [0.1, 0.15) is 57.5 Å². The summed E-state index contributed by atoms with van der Waals surface area (Å²) in [5, 5.41) is 12.6. The molecule has 1 N–H and O–H groups in total. The van der Waals surface area contributed by atoms with Crippen molar-refractivity contribution in [3.63, 3.8) is 0 Å². The minimum atomic E-state index is -0.326. The number of benzene rings is 1. The summed E-state index contributed by atoms with van der Waals surface area (Å²) in [4.78, 5) is 17.1. The molecule has 1 saturated carbocycles. The van der Waals surface area contributed by atoms with E-state index in [0.29, 0.717) is 27.8 Å². The third-order valence-electron chi connectivity index (χ3n) is 5.78. The SMILES string of the molecule is CC(C)Oc1ccc(C(=O)N[C@H]2C(C)(C)[C@H](Oc3ccc(C#N)c(Cl)c3)C2(C)C)cn1. The summed E-state index contributed by atoms with van der Waals surface area (Å²) in [6.07, 6.45) is 1.39. The minimum absolute atomic E-state index is 0.0201. The number of carbonyl (C=O) groups is 1. The standard InChI is InChI=1S/C24H28ClN3O3/c1-14(2)30-19-10-8-16(13-27-19)20(29)28-21-23(3,4)22(24(21,5)6)31-17-9-7-15(12-26)18(25)11-17/h7-11,13-14,21-22H,1-6H3,(H,28,29)/t21-,22-. The Balaban J connectivity index is 1.71. The van der Waals surface area contributed by atoms with Gasteiger partial charge in [-0.15, -0.1) is 0 Å². The quantitative estimate of drug-likeness (QED) is 0.681. The highest BCUT2D eigenvalue weighted by Gasteiger charge is 2.64. The van der Waals surface area contributed by atoms with E-state index in [9.17, 15) is 4.79 Å². The van der Waals surface area contributed by atoms with Gasteiger partial charge in [0.1, 0.15) is 17.9 Å². The Kier molecular flexibility index (Phi) is 6.20. The summed E-state index contributed by atoms with van der Waals surface area (Å²) < 4.78 is 11.8. The molecule has 7 heteroatoms. The predicted molar refractivity (Wildman–Crippen MR) is 119 cm³/mol. The molecule has 0 aliphatic heterocycles. The summed E-state index contributed by atoms with van der Waals surface area (Å²) in [6.45, 7) is 12.1. The number of carbonyl (C=O) groups excluding carboxylic acids is 1. The van der Waals surface area contributed by atoms with E-state index in [1.54, 1.807) is 30.3 Å². The molecular weight excluding hydrogens is 414 g/mol. The number of rotatable bonds is 6. The second kappa shape index (κ2) is 8.39. The molecule has 3 rings (SSSR count). The van der Waals surface area contributed by atoms with Crippen LogP contribution in [0.25, 0.3) is 0 Å². The van der Waals surface area contributed by atoms with Crippen molar-refractivity contribution in [2.45, 2.75) is 59.8 Å². The number of amides is 1. The van der Waals surface area contributed by atoms with Crippen LogP contribution in [0.15, 0.2) is 36.5 Å². The van der Waals surface area contributed by atoms with Crippen LogP contribution in [0.3, 0.4) is 0 Å². The second-order valence-electron chi connectivity index (χ2n) is 9.35. The fraction of sp³-hybridized carbons (Fsp3) is 0.458. The van der Waals surface area contributed by atoms with Gasteiger partial charge in [-0.3, -0.25) is 4.79 Å². The van der Waals surface area contributed by atoms with Crippen LogP contribution in [-0.2, 0) is 0 Å². The number of halogens is 1. The molecule has 0 atom stereocenters. The van der Waals surface area contributed by atoms with Crippen LogP contribution in [0.4, 0.5) is 0 Å². The van der Waals surface area contributed by atoms with E-state index in [2.05, 4.69) is 38.0 Å². The van der Waals surface area contributed by atoms with E-state index in [1.807, 2.05) is 19.9 Å². The maximum atomic E-state index is 12.9. The summed E-state index contributed by atoms with van der Waals surface area (Å²) in [6, 6.07) is 10.4. The molecule has 1 amide bonds. The zero-order valence-electron chi connectivity index (χ0n) is 18.7. The van der Waals surface area contributed by atoms with E-state index >= 15 is 0 Å². The molecule has 1 aliphatic rings. The molecule has 0 radical (unpaired) electrons. The first-order valence-corrected chi connectivity index (χ1v) is 10.6. The van der Waals surface area contributed by atoms with Gasteiger partial charge in [0.05, 0.1) is 22.3 Å². The molecule has 1 aromatic heterocycles. The van der Waals surface area contributed by atoms with E-state index in [4.69, 9.17) is 26.3 Å². The minimum Gasteiger partial charge on any atom is -0.489 e. The summed E-state index contributed by atoms with van der Waals surface area (Å²) in [7, 11) is 0. The van der Waals surface area contributed by atoms with Crippen molar-refractivity contribution >= 4 is 17.5 Å². The monoisotopic (exact) mass is 441 g/mol. The molecular formula is C24H28ClN3O3. The average Bonchev–Trinajstić information content (AvgIpc) is 2.70. The fourth-order valence-corrected chi connectivity index (χ4v) is 4.85. The van der Waals surface area contributed by atoms with Crippen LogP contribution in [0.5, 0.6) is 11.6 Å². The van der Waals surface area contributed by atoms with Crippen molar-refractivity contribution in [3.05, 3.63) is 52.7 Å². The smallest absolute Gasteiger partial charge is 0.253 e. The maximum absolute atomic E-state index is 12.9. The molecule has 1 fully saturated rings. The molecule has 1 aromatic carbocycles. The van der Waals surface area contributed by atoms with Crippen LogP contribution >= 0.6 is 11.6 Å². The van der Waals surface area contributed by atoms with Crippen molar-refractivity contribution in [1.29, 1.82) is 5.26 Å². The third-order valence-corrected chi connectivity index (χ3v) is 6.10. The molecule has 0 bridgehead atoms. The molecule has 164 valence electrons. The molecule has 0 spiro atoms. The highest BCUT2D eigenvalue weighted by atomic mass is 35.5. The van der Waals surface area contributed by atoms with Crippen LogP contribution in [0, 0.1) is 22.2 Å². The van der Waals surface area contributed by atoms with Gasteiger partial charge in [0.25, 0.3) is 5.91 Å². The molecule has 6 nitrogen and oxygen atoms in total. The van der Waals surface area contributed by atoms with Crippen molar-refractivity contribution in [1.82, 2.24) is 10.3 Å². The molecule has 31 heavy (non-hydrogen) atoms. The number of aromatic nitrogens is 1. The van der Waals surface area contributed by atoms with Crippen LogP contribution in [-0.4, -0.2) is 29.1 Å². The van der Waals surface area contributed by atoms with Gasteiger partial charge in [-0.25, -0.2) is 4.98 Å². The van der Waals surface area contributed by atoms with Crippen molar-refractivity contribution < 1.29 is 14.3 Å². The number of nitrogens with one attached hydrogen (secondary N) is 1. The maximum Gasteiger partial charge on any atom is 0.253 e. The van der Waals surface area contributed by atoms with E-state index in [0.717, 1.165) is 0 Å². The molecule has 1 heterocycles. The first kappa shape index (κ1) is 22.9. The lowest BCUT2D eigenvalue weighted by Crippen LogP contribution is -2.74. The molecule has 1 aliphatic carbocycles. The van der Waals surface area contributed by atoms with Gasteiger partial charge in [0.15, 0.2) is 0 Å². The van der Waals surface area contributed by atoms with Gasteiger partial charge in [-0.1, -0.05) is 39.3 Å². The molecule has 2 aromatic rings. The summed E-state index contributed by atoms with van der Waals surface area (Å²) >= 11 is 6.15. The zero-order chi connectivity index (χ0) is 23.0. The lowest BCUT2D eigenvalue weighted by molar-refractivity contribution is -0.164. The Bertz CT molecular complexity index is 994. The Hall–Kier alpha value is -2.78. The van der Waals surface area contributed by atoms with Crippen molar-refractivity contribution in [3.8, 4) is 17.7 Å². The Morgan fingerprint density at radius 3 is 2.39 bits per heavy atom. The van der Waals surface area contributed by atoms with Crippen LogP contribution < -0.4 is 14.8 Å². The number of hydrogen-bond donors (Lipinski definition) is 1. The third kappa shape index (κ3) is 4.47. The van der Waals surface area contributed by atoms with Crippen molar-refractivity contribution in [2.75, 3.05) is 0 Å². The number of nitriles is 1. The van der Waals surface area contributed by atoms with E-state index in [1.165, 1.54) is 6.20 Å². The number of nitrogens with zero attached hydrogens (tertiary/aromatic N) is 2. The number of pyridine rings is 1. The van der Waals surface area contributed by atoms with E-state index in [-0.39, 0.29) is 35.0 Å². The summed E-state index contributed by atoms with van der Waals surface area (Å²) in [5.74, 6) is 0.907. The summed E-state index contributed by atoms with van der Waals surface area (Å²) in [5.41, 5.74) is 0.233. The van der Waals surface area contributed by atoms with Gasteiger partial charge < -0.3 is 14.8 Å². The lowest BCUT2D eigenvalue weighted by Gasteiger charge is -2.63. The fourth-order valence-electron chi connectivity index (χ4n) is 4.64. The zero-order valence-corrected chi connectivity index (χ0v) is 19.4. The highest BCUT2D eigenvalue weighted by Crippen LogP contribution is 2.55. The van der Waals surface area contributed by atoms with Crippen LogP contribution in [0.2, 0.25) is 5.02 Å². The molecule has 0 saturated heterocycles. The predicted octanol–water partition coefficient (Wildman–Crippen LogP) is 5.01. The van der Waals surface area contributed by atoms with Crippen molar-refractivity contribution in [2.24, 2.45) is 10.8 Å². The van der Waals surface area contributed by atoms with Gasteiger partial charge in [0.2, 0.25) is 5.88 Å². The number of ether oxygens (including phenoxy) is 2. The van der Waals surface area contributed by atoms with E-state index < -0.39 is 0 Å². The topological polar surface area (TPSA) is 84.2 Å². The van der Waals surface area contributed by atoms with Gasteiger partial charge in [-0.05, 0) is 32.0 Å². The largest absolute Gasteiger partial charge is 0.489 e. The second-order valence-corrected chi connectivity index (χ2v) is 9.76. The normalized spacial score (nSPS) is 21.0. The molecule has 0 unspecified atom stereocenters. The van der Waals surface area contributed by atoms with Gasteiger partial charge in [-0.2, -0.15) is 5.26 Å². The Labute approximate surface area is 188 Å². The Morgan fingerprint density at radius 1 is 1.19 bits per heavy atom. The van der Waals surface area contributed by atoms with Gasteiger partial charge in [0, 0.05) is 35.2 Å². The highest BCUT2D eigenvalue weighted by molar-refractivity contribution is 6.31. The lowest BCUT2D eigenvalue weighted by atomic mass is 9.49. The first-order valence-electron chi connectivity index (χ1n) is 10.3. The average molecular weight is 442 g/mol. The Morgan fingerprint density at radius 2 is 1.87 bits per heavy atom.